The Morgan fingerprint density at radius 2 is 1.65 bits per heavy atom. The molecular formula is C18H34N2. The van der Waals surface area contributed by atoms with Gasteiger partial charge in [-0.2, -0.15) is 0 Å². The molecule has 0 bridgehead atoms. The second-order valence-electron chi connectivity index (χ2n) is 8.17. The van der Waals surface area contributed by atoms with Crippen LogP contribution < -0.4 is 5.32 Å². The molecule has 2 saturated carbocycles. The number of hydrogen-bond acceptors (Lipinski definition) is 2. The van der Waals surface area contributed by atoms with Gasteiger partial charge in [-0.25, -0.2) is 0 Å². The number of piperazine rings is 1. The second-order valence-corrected chi connectivity index (χ2v) is 8.17. The summed E-state index contributed by atoms with van der Waals surface area (Å²) in [7, 11) is 0. The van der Waals surface area contributed by atoms with Gasteiger partial charge in [-0.1, -0.05) is 32.6 Å². The summed E-state index contributed by atoms with van der Waals surface area (Å²) in [5.74, 6) is 0.958. The summed E-state index contributed by atoms with van der Waals surface area (Å²) in [6.07, 6.45) is 12.9. The molecule has 0 aromatic heterocycles. The predicted octanol–water partition coefficient (Wildman–Crippen LogP) is 3.95. The lowest BCUT2D eigenvalue weighted by Crippen LogP contribution is -2.70. The topological polar surface area (TPSA) is 15.3 Å². The normalized spacial score (nSPS) is 41.5. The minimum absolute atomic E-state index is 0.334. The number of rotatable bonds is 3. The highest BCUT2D eigenvalue weighted by atomic mass is 15.3. The van der Waals surface area contributed by atoms with Gasteiger partial charge < -0.3 is 5.32 Å². The highest BCUT2D eigenvalue weighted by molar-refractivity contribution is 5.09. The molecule has 1 N–H and O–H groups in total. The summed E-state index contributed by atoms with van der Waals surface area (Å²) in [6.45, 7) is 9.80. The molecule has 2 unspecified atom stereocenters. The third kappa shape index (κ3) is 2.78. The molecular weight excluding hydrogens is 244 g/mol. The van der Waals surface area contributed by atoms with E-state index in [0.717, 1.165) is 12.0 Å². The van der Waals surface area contributed by atoms with E-state index in [4.69, 9.17) is 0 Å². The molecule has 3 rings (SSSR count). The number of hydrogen-bond donors (Lipinski definition) is 1. The van der Waals surface area contributed by atoms with Gasteiger partial charge in [-0.05, 0) is 51.9 Å². The Bertz CT molecular complexity index is 330. The van der Waals surface area contributed by atoms with Gasteiger partial charge in [-0.3, -0.25) is 4.90 Å². The first-order valence-electron chi connectivity index (χ1n) is 9.09. The van der Waals surface area contributed by atoms with Crippen LogP contribution in [0.2, 0.25) is 0 Å². The largest absolute Gasteiger partial charge is 0.308 e. The summed E-state index contributed by atoms with van der Waals surface area (Å²) in [4.78, 5) is 2.97. The molecule has 2 nitrogen and oxygen atoms in total. The maximum atomic E-state index is 3.90. The average molecular weight is 278 g/mol. The zero-order valence-corrected chi connectivity index (χ0v) is 13.9. The Morgan fingerprint density at radius 3 is 2.20 bits per heavy atom. The van der Waals surface area contributed by atoms with Crippen LogP contribution in [-0.2, 0) is 0 Å². The van der Waals surface area contributed by atoms with Crippen molar-refractivity contribution in [2.75, 3.05) is 13.1 Å². The molecule has 1 saturated heterocycles. The first-order chi connectivity index (χ1) is 9.57. The van der Waals surface area contributed by atoms with Crippen molar-refractivity contribution in [3.8, 4) is 0 Å². The third-order valence-electron chi connectivity index (χ3n) is 6.55. The molecule has 2 heteroatoms. The van der Waals surface area contributed by atoms with Crippen molar-refractivity contribution in [3.05, 3.63) is 0 Å². The predicted molar refractivity (Wildman–Crippen MR) is 86.0 cm³/mol. The standard InChI is InChI=1S/C18H34N2/c1-4-17(2)14-20(16-9-7-5-6-8-10-16)18(3,13-19-17)15-11-12-15/h15-16,19H,4-14H2,1-3H3. The highest BCUT2D eigenvalue weighted by Gasteiger charge is 2.52. The van der Waals surface area contributed by atoms with Gasteiger partial charge in [-0.15, -0.1) is 0 Å². The van der Waals surface area contributed by atoms with Crippen LogP contribution in [0, 0.1) is 5.92 Å². The molecule has 0 aromatic rings. The van der Waals surface area contributed by atoms with Crippen LogP contribution in [0.25, 0.3) is 0 Å². The molecule has 1 heterocycles. The van der Waals surface area contributed by atoms with Gasteiger partial charge in [0.05, 0.1) is 0 Å². The third-order valence-corrected chi connectivity index (χ3v) is 6.55. The molecule has 0 aromatic carbocycles. The number of nitrogens with zero attached hydrogens (tertiary/aromatic N) is 1. The van der Waals surface area contributed by atoms with Gasteiger partial charge in [0.15, 0.2) is 0 Å². The maximum Gasteiger partial charge on any atom is 0.0337 e. The van der Waals surface area contributed by atoms with Crippen LogP contribution in [0.3, 0.4) is 0 Å². The lowest BCUT2D eigenvalue weighted by atomic mass is 9.82. The van der Waals surface area contributed by atoms with Crippen molar-refractivity contribution in [2.45, 2.75) is 95.7 Å². The van der Waals surface area contributed by atoms with Gasteiger partial charge in [0.1, 0.15) is 0 Å². The number of nitrogens with one attached hydrogen (secondary N) is 1. The molecule has 3 aliphatic rings. The van der Waals surface area contributed by atoms with Crippen LogP contribution in [0.5, 0.6) is 0 Å². The molecule has 0 amide bonds. The van der Waals surface area contributed by atoms with Gasteiger partial charge in [0, 0.05) is 30.2 Å². The summed E-state index contributed by atoms with van der Waals surface area (Å²) in [6, 6.07) is 0.857. The van der Waals surface area contributed by atoms with E-state index in [1.54, 1.807) is 0 Å². The smallest absolute Gasteiger partial charge is 0.0337 e. The average Bonchev–Trinajstić information content (AvgIpc) is 3.28. The van der Waals surface area contributed by atoms with Crippen molar-refractivity contribution in [2.24, 2.45) is 5.92 Å². The fourth-order valence-corrected chi connectivity index (χ4v) is 4.54. The summed E-state index contributed by atoms with van der Waals surface area (Å²) in [5.41, 5.74) is 0.768. The Labute approximate surface area is 125 Å². The lowest BCUT2D eigenvalue weighted by Gasteiger charge is -2.55. The Balaban J connectivity index is 1.80. The van der Waals surface area contributed by atoms with Crippen molar-refractivity contribution < 1.29 is 0 Å². The van der Waals surface area contributed by atoms with Crippen LogP contribution >= 0.6 is 0 Å². The summed E-state index contributed by atoms with van der Waals surface area (Å²) < 4.78 is 0. The zero-order chi connectivity index (χ0) is 14.2. The van der Waals surface area contributed by atoms with Crippen molar-refractivity contribution >= 4 is 0 Å². The SMILES string of the molecule is CCC1(C)CN(C2CCCCCC2)C(C)(C2CC2)CN1. The van der Waals surface area contributed by atoms with Crippen LogP contribution in [0.1, 0.15) is 78.6 Å². The van der Waals surface area contributed by atoms with E-state index in [9.17, 15) is 0 Å². The summed E-state index contributed by atoms with van der Waals surface area (Å²) in [5, 5.41) is 3.90. The first kappa shape index (κ1) is 14.8. The fourth-order valence-electron chi connectivity index (χ4n) is 4.54. The van der Waals surface area contributed by atoms with Gasteiger partial charge >= 0.3 is 0 Å². The molecule has 2 atom stereocenters. The maximum absolute atomic E-state index is 3.90. The molecule has 3 fully saturated rings. The Morgan fingerprint density at radius 1 is 1.00 bits per heavy atom. The van der Waals surface area contributed by atoms with E-state index in [2.05, 4.69) is 31.0 Å². The van der Waals surface area contributed by atoms with Crippen LogP contribution in [-0.4, -0.2) is 35.1 Å². The quantitative estimate of drug-likeness (QED) is 0.786. The van der Waals surface area contributed by atoms with Crippen molar-refractivity contribution in [1.29, 1.82) is 0 Å². The van der Waals surface area contributed by atoms with Crippen molar-refractivity contribution in [3.63, 3.8) is 0 Å². The van der Waals surface area contributed by atoms with E-state index >= 15 is 0 Å². The van der Waals surface area contributed by atoms with E-state index < -0.39 is 0 Å². The zero-order valence-electron chi connectivity index (χ0n) is 13.9. The Kier molecular flexibility index (Phi) is 4.16. The van der Waals surface area contributed by atoms with E-state index in [1.165, 1.54) is 70.9 Å². The van der Waals surface area contributed by atoms with Crippen LogP contribution in [0.4, 0.5) is 0 Å². The molecule has 0 spiro atoms. The van der Waals surface area contributed by atoms with Crippen molar-refractivity contribution in [1.82, 2.24) is 10.2 Å². The molecule has 0 radical (unpaired) electrons. The monoisotopic (exact) mass is 278 g/mol. The van der Waals surface area contributed by atoms with E-state index in [1.807, 2.05) is 0 Å². The first-order valence-corrected chi connectivity index (χ1v) is 9.09. The molecule has 1 aliphatic heterocycles. The fraction of sp³-hybridized carbons (Fsp3) is 1.00. The summed E-state index contributed by atoms with van der Waals surface area (Å²) >= 11 is 0. The van der Waals surface area contributed by atoms with E-state index in [-0.39, 0.29) is 0 Å². The molecule has 20 heavy (non-hydrogen) atoms. The highest BCUT2D eigenvalue weighted by Crippen LogP contribution is 2.47. The molecule has 116 valence electrons. The van der Waals surface area contributed by atoms with Crippen LogP contribution in [0.15, 0.2) is 0 Å². The lowest BCUT2D eigenvalue weighted by molar-refractivity contribution is -0.0313. The van der Waals surface area contributed by atoms with Gasteiger partial charge in [0.2, 0.25) is 0 Å². The van der Waals surface area contributed by atoms with Gasteiger partial charge in [0.25, 0.3) is 0 Å². The Hall–Kier alpha value is -0.0800. The molecule has 2 aliphatic carbocycles. The van der Waals surface area contributed by atoms with E-state index in [0.29, 0.717) is 11.1 Å². The second kappa shape index (κ2) is 5.61. The minimum atomic E-state index is 0.334. The minimum Gasteiger partial charge on any atom is -0.308 e.